The Morgan fingerprint density at radius 3 is 1.97 bits per heavy atom. The molecule has 2 amide bonds. The normalized spacial score (nSPS) is 10.2. The Morgan fingerprint density at radius 2 is 1.38 bits per heavy atom. The summed E-state index contributed by atoms with van der Waals surface area (Å²) in [6.45, 7) is 4.24. The highest BCUT2D eigenvalue weighted by Crippen LogP contribution is 2.00. The minimum Gasteiger partial charge on any atom is -0.445 e. The Hall–Kier alpha value is -2.60. The highest BCUT2D eigenvalue weighted by atomic mass is 16.6. The first-order valence-electron chi connectivity index (χ1n) is 9.64. The third kappa shape index (κ3) is 15.0. The molecule has 0 bridgehead atoms. The van der Waals surface area contributed by atoms with Gasteiger partial charge in [-0.25, -0.2) is 4.79 Å². The molecule has 0 heterocycles. The molecule has 0 aliphatic carbocycles. The van der Waals surface area contributed by atoms with Crippen molar-refractivity contribution < 1.29 is 28.5 Å². The first-order chi connectivity index (χ1) is 14.2. The van der Waals surface area contributed by atoms with E-state index in [4.69, 9.17) is 25.4 Å². The largest absolute Gasteiger partial charge is 0.445 e. The molecule has 0 aromatic heterocycles. The number of terminal acetylenes is 1. The van der Waals surface area contributed by atoms with E-state index in [1.54, 1.807) is 0 Å². The fraction of sp³-hybridized carbons (Fsp3) is 0.524. The summed E-state index contributed by atoms with van der Waals surface area (Å²) in [5, 5.41) is 5.24. The number of alkyl carbamates (subject to hydrolysis) is 1. The van der Waals surface area contributed by atoms with Crippen LogP contribution in [0.4, 0.5) is 4.79 Å². The molecule has 0 aliphatic rings. The maximum absolute atomic E-state index is 11.5. The summed E-state index contributed by atoms with van der Waals surface area (Å²) >= 11 is 0. The van der Waals surface area contributed by atoms with Gasteiger partial charge < -0.3 is 29.6 Å². The number of hydrogen-bond acceptors (Lipinski definition) is 6. The zero-order valence-corrected chi connectivity index (χ0v) is 16.7. The number of benzene rings is 1. The molecule has 8 heteroatoms. The summed E-state index contributed by atoms with van der Waals surface area (Å²) in [7, 11) is 0. The molecule has 0 saturated carbocycles. The van der Waals surface area contributed by atoms with Crippen molar-refractivity contribution in [2.75, 3.05) is 52.7 Å². The van der Waals surface area contributed by atoms with Crippen LogP contribution in [0, 0.1) is 12.3 Å². The van der Waals surface area contributed by atoms with Gasteiger partial charge in [-0.15, -0.1) is 6.42 Å². The van der Waals surface area contributed by atoms with Gasteiger partial charge in [0.2, 0.25) is 0 Å². The van der Waals surface area contributed by atoms with E-state index >= 15 is 0 Å². The van der Waals surface area contributed by atoms with Gasteiger partial charge in [0.15, 0.2) is 0 Å². The lowest BCUT2D eigenvalue weighted by molar-refractivity contribution is -0.115. The Bertz CT molecular complexity index is 603. The Kier molecular flexibility index (Phi) is 14.7. The van der Waals surface area contributed by atoms with E-state index in [9.17, 15) is 9.59 Å². The molecule has 2 N–H and O–H groups in total. The van der Waals surface area contributed by atoms with Crippen molar-refractivity contribution in [1.82, 2.24) is 10.6 Å². The molecular weight excluding hydrogens is 376 g/mol. The topological polar surface area (TPSA) is 95.1 Å². The van der Waals surface area contributed by atoms with Crippen LogP contribution in [-0.2, 0) is 30.3 Å². The summed E-state index contributed by atoms with van der Waals surface area (Å²) in [4.78, 5) is 22.3. The number of amides is 2. The molecule has 0 saturated heterocycles. The molecular formula is C21H30N2O6. The number of ether oxygens (including phenoxy) is 4. The second-order valence-electron chi connectivity index (χ2n) is 5.93. The molecule has 8 nitrogen and oxygen atoms in total. The predicted molar refractivity (Wildman–Crippen MR) is 108 cm³/mol. The van der Waals surface area contributed by atoms with E-state index < -0.39 is 12.0 Å². The van der Waals surface area contributed by atoms with Gasteiger partial charge in [0.25, 0.3) is 5.91 Å². The van der Waals surface area contributed by atoms with Crippen LogP contribution in [0.1, 0.15) is 18.4 Å². The van der Waals surface area contributed by atoms with Crippen LogP contribution in [0.15, 0.2) is 30.3 Å². The average Bonchev–Trinajstić information content (AvgIpc) is 2.75. The smallest absolute Gasteiger partial charge is 0.407 e. The molecule has 0 spiro atoms. The van der Waals surface area contributed by atoms with Crippen molar-refractivity contribution in [2.45, 2.75) is 19.4 Å². The number of nitrogens with one attached hydrogen (secondary N) is 2. The van der Waals surface area contributed by atoms with Gasteiger partial charge in [-0.05, 0) is 24.3 Å². The van der Waals surface area contributed by atoms with Crippen LogP contribution >= 0.6 is 0 Å². The van der Waals surface area contributed by atoms with Crippen molar-refractivity contribution >= 4 is 12.0 Å². The summed E-state index contributed by atoms with van der Waals surface area (Å²) in [5.74, 6) is 1.57. The SMILES string of the molecule is C#CC(=O)NCCCOCCOCCOCCCNC(=O)OCc1ccccc1. The summed E-state index contributed by atoms with van der Waals surface area (Å²) in [6.07, 6.45) is 5.88. The van der Waals surface area contributed by atoms with Gasteiger partial charge in [-0.2, -0.15) is 0 Å². The lowest BCUT2D eigenvalue weighted by Gasteiger charge is -2.08. The second kappa shape index (κ2) is 17.5. The van der Waals surface area contributed by atoms with Crippen molar-refractivity contribution in [3.05, 3.63) is 35.9 Å². The summed E-state index contributed by atoms with van der Waals surface area (Å²) in [6, 6.07) is 9.52. The molecule has 1 rings (SSSR count). The van der Waals surface area contributed by atoms with Crippen LogP contribution in [0.5, 0.6) is 0 Å². The van der Waals surface area contributed by atoms with Crippen LogP contribution < -0.4 is 10.6 Å². The van der Waals surface area contributed by atoms with Gasteiger partial charge in [0.05, 0.1) is 26.4 Å². The molecule has 0 fully saturated rings. The maximum Gasteiger partial charge on any atom is 0.407 e. The number of hydrogen-bond donors (Lipinski definition) is 2. The fourth-order valence-corrected chi connectivity index (χ4v) is 2.11. The third-order valence-corrected chi connectivity index (χ3v) is 3.57. The van der Waals surface area contributed by atoms with E-state index in [0.29, 0.717) is 65.6 Å². The Labute approximate surface area is 172 Å². The highest BCUT2D eigenvalue weighted by Gasteiger charge is 2.01. The van der Waals surface area contributed by atoms with Crippen LogP contribution in [0.25, 0.3) is 0 Å². The van der Waals surface area contributed by atoms with E-state index in [1.807, 2.05) is 36.3 Å². The molecule has 0 aliphatic heterocycles. The van der Waals surface area contributed by atoms with Gasteiger partial charge >= 0.3 is 6.09 Å². The monoisotopic (exact) mass is 406 g/mol. The van der Waals surface area contributed by atoms with Crippen LogP contribution in [0.3, 0.4) is 0 Å². The molecule has 160 valence electrons. The second-order valence-corrected chi connectivity index (χ2v) is 5.93. The number of carbonyl (C=O) groups excluding carboxylic acids is 2. The van der Waals surface area contributed by atoms with E-state index in [-0.39, 0.29) is 6.61 Å². The van der Waals surface area contributed by atoms with E-state index in [2.05, 4.69) is 10.6 Å². The summed E-state index contributed by atoms with van der Waals surface area (Å²) < 4.78 is 21.3. The summed E-state index contributed by atoms with van der Waals surface area (Å²) in [5.41, 5.74) is 0.949. The minimum atomic E-state index is -0.435. The van der Waals surface area contributed by atoms with Crippen LogP contribution in [0.2, 0.25) is 0 Å². The van der Waals surface area contributed by atoms with Gasteiger partial charge in [-0.3, -0.25) is 4.79 Å². The van der Waals surface area contributed by atoms with Crippen molar-refractivity contribution in [3.8, 4) is 12.3 Å². The van der Waals surface area contributed by atoms with Crippen molar-refractivity contribution in [2.24, 2.45) is 0 Å². The highest BCUT2D eigenvalue weighted by molar-refractivity contribution is 5.92. The average molecular weight is 406 g/mol. The first-order valence-corrected chi connectivity index (χ1v) is 9.64. The fourth-order valence-electron chi connectivity index (χ4n) is 2.11. The third-order valence-electron chi connectivity index (χ3n) is 3.57. The predicted octanol–water partition coefficient (Wildman–Crippen LogP) is 1.49. The van der Waals surface area contributed by atoms with E-state index in [1.165, 1.54) is 0 Å². The molecule has 29 heavy (non-hydrogen) atoms. The molecule has 1 aromatic carbocycles. The first kappa shape index (κ1) is 24.4. The van der Waals surface area contributed by atoms with Crippen LogP contribution in [-0.4, -0.2) is 64.7 Å². The molecule has 0 radical (unpaired) electrons. The van der Waals surface area contributed by atoms with Gasteiger partial charge in [0, 0.05) is 26.3 Å². The number of carbonyl (C=O) groups is 2. The standard InChI is InChI=1S/C21H30N2O6/c1-2-20(24)22-10-6-12-26-14-16-28-17-15-27-13-7-11-23-21(25)29-18-19-8-4-3-5-9-19/h1,3-5,8-9H,6-7,10-18H2,(H,22,24)(H,23,25). The lowest BCUT2D eigenvalue weighted by atomic mass is 10.2. The Balaban J connectivity index is 1.77. The van der Waals surface area contributed by atoms with Gasteiger partial charge in [-0.1, -0.05) is 30.3 Å². The number of rotatable bonds is 16. The van der Waals surface area contributed by atoms with E-state index in [0.717, 1.165) is 5.56 Å². The quantitative estimate of drug-likeness (QED) is 0.319. The zero-order chi connectivity index (χ0) is 21.0. The maximum atomic E-state index is 11.5. The Morgan fingerprint density at radius 1 is 0.828 bits per heavy atom. The van der Waals surface area contributed by atoms with Crippen molar-refractivity contribution in [3.63, 3.8) is 0 Å². The van der Waals surface area contributed by atoms with Gasteiger partial charge in [0.1, 0.15) is 6.61 Å². The zero-order valence-electron chi connectivity index (χ0n) is 16.7. The van der Waals surface area contributed by atoms with Crippen molar-refractivity contribution in [1.29, 1.82) is 0 Å². The molecule has 0 atom stereocenters. The minimum absolute atomic E-state index is 0.257. The molecule has 0 unspecified atom stereocenters. The lowest BCUT2D eigenvalue weighted by Crippen LogP contribution is -2.26. The molecule has 1 aromatic rings.